The standard InChI is InChI=1S/C13H22N2S3/c1-4-5-14-6-11-7-17-13(15-11)12-8-16-9(2)10(3)18-12/h7,9-10,12,14H,4-6,8H2,1-3H3. The molecule has 1 aliphatic rings. The van der Waals surface area contributed by atoms with Gasteiger partial charge in [-0.15, -0.1) is 23.1 Å². The fraction of sp³-hybridized carbons (Fsp3) is 0.769. The van der Waals surface area contributed by atoms with E-state index >= 15 is 0 Å². The number of hydrogen-bond donors (Lipinski definition) is 1. The number of nitrogens with zero attached hydrogens (tertiary/aromatic N) is 1. The molecule has 0 aliphatic carbocycles. The Kier molecular flexibility index (Phi) is 5.86. The van der Waals surface area contributed by atoms with E-state index in [1.54, 1.807) is 0 Å². The smallest absolute Gasteiger partial charge is 0.107 e. The Morgan fingerprint density at radius 2 is 2.22 bits per heavy atom. The maximum atomic E-state index is 4.79. The maximum Gasteiger partial charge on any atom is 0.107 e. The van der Waals surface area contributed by atoms with E-state index in [-0.39, 0.29) is 0 Å². The Balaban J connectivity index is 1.89. The van der Waals surface area contributed by atoms with Gasteiger partial charge in [0.25, 0.3) is 0 Å². The van der Waals surface area contributed by atoms with Crippen LogP contribution in [0, 0.1) is 0 Å². The van der Waals surface area contributed by atoms with Crippen molar-refractivity contribution >= 4 is 34.9 Å². The molecule has 102 valence electrons. The number of aromatic nitrogens is 1. The molecule has 1 aromatic rings. The fourth-order valence-corrected chi connectivity index (χ4v) is 5.89. The quantitative estimate of drug-likeness (QED) is 0.833. The summed E-state index contributed by atoms with van der Waals surface area (Å²) in [6.07, 6.45) is 1.18. The van der Waals surface area contributed by atoms with Gasteiger partial charge >= 0.3 is 0 Å². The van der Waals surface area contributed by atoms with Gasteiger partial charge < -0.3 is 5.32 Å². The molecule has 2 heterocycles. The number of nitrogens with one attached hydrogen (secondary N) is 1. The minimum absolute atomic E-state index is 0.603. The molecule has 0 bridgehead atoms. The van der Waals surface area contributed by atoms with Gasteiger partial charge in [-0.25, -0.2) is 4.98 Å². The fourth-order valence-electron chi connectivity index (χ4n) is 1.86. The largest absolute Gasteiger partial charge is 0.311 e. The van der Waals surface area contributed by atoms with Crippen LogP contribution in [0.2, 0.25) is 0 Å². The van der Waals surface area contributed by atoms with Crippen LogP contribution < -0.4 is 5.32 Å². The van der Waals surface area contributed by atoms with Gasteiger partial charge in [-0.1, -0.05) is 20.8 Å². The molecular formula is C13H22N2S3. The molecule has 1 saturated heterocycles. The molecule has 3 unspecified atom stereocenters. The summed E-state index contributed by atoms with van der Waals surface area (Å²) in [5, 5.41) is 9.06. The molecule has 0 radical (unpaired) electrons. The van der Waals surface area contributed by atoms with Crippen LogP contribution in [0.1, 0.15) is 43.1 Å². The van der Waals surface area contributed by atoms with E-state index in [4.69, 9.17) is 4.98 Å². The molecule has 18 heavy (non-hydrogen) atoms. The third-order valence-corrected chi connectivity index (χ3v) is 7.68. The minimum atomic E-state index is 0.603. The summed E-state index contributed by atoms with van der Waals surface area (Å²) < 4.78 is 0. The molecule has 2 nitrogen and oxygen atoms in total. The molecule has 0 aromatic carbocycles. The first kappa shape index (κ1) is 14.7. The van der Waals surface area contributed by atoms with Crippen LogP contribution in [0.3, 0.4) is 0 Å². The van der Waals surface area contributed by atoms with E-state index in [0.29, 0.717) is 5.25 Å². The second-order valence-corrected chi connectivity index (χ2v) is 8.61. The van der Waals surface area contributed by atoms with Crippen molar-refractivity contribution in [2.75, 3.05) is 12.3 Å². The summed E-state index contributed by atoms with van der Waals surface area (Å²) in [4.78, 5) is 4.79. The van der Waals surface area contributed by atoms with Crippen molar-refractivity contribution in [1.82, 2.24) is 10.3 Å². The highest BCUT2D eigenvalue weighted by Crippen LogP contribution is 2.44. The molecule has 0 spiro atoms. The minimum Gasteiger partial charge on any atom is -0.311 e. The first-order valence-electron chi connectivity index (χ1n) is 6.62. The third kappa shape index (κ3) is 3.89. The molecule has 5 heteroatoms. The first-order chi connectivity index (χ1) is 8.70. The highest BCUT2D eigenvalue weighted by Gasteiger charge is 2.28. The molecule has 0 saturated carbocycles. The molecule has 3 atom stereocenters. The van der Waals surface area contributed by atoms with Gasteiger partial charge in [-0.05, 0) is 13.0 Å². The lowest BCUT2D eigenvalue weighted by Gasteiger charge is -2.30. The highest BCUT2D eigenvalue weighted by molar-refractivity contribution is 8.07. The van der Waals surface area contributed by atoms with Crippen LogP contribution in [0.5, 0.6) is 0 Å². The van der Waals surface area contributed by atoms with E-state index in [9.17, 15) is 0 Å². The van der Waals surface area contributed by atoms with Gasteiger partial charge in [0.05, 0.1) is 10.9 Å². The van der Waals surface area contributed by atoms with Crippen molar-refractivity contribution in [2.24, 2.45) is 0 Å². The predicted octanol–water partition coefficient (Wildman–Crippen LogP) is 3.94. The van der Waals surface area contributed by atoms with E-state index in [0.717, 1.165) is 23.6 Å². The number of hydrogen-bond acceptors (Lipinski definition) is 5. The first-order valence-corrected chi connectivity index (χ1v) is 9.50. The number of thiazole rings is 1. The second kappa shape index (κ2) is 7.17. The van der Waals surface area contributed by atoms with Gasteiger partial charge in [0.2, 0.25) is 0 Å². The maximum absolute atomic E-state index is 4.79. The SMILES string of the molecule is CCCNCc1csc(C2CSC(C)C(C)S2)n1. The van der Waals surface area contributed by atoms with E-state index < -0.39 is 0 Å². The number of thioether (sulfide) groups is 2. The summed E-state index contributed by atoms with van der Waals surface area (Å²) in [6, 6.07) is 0. The second-order valence-electron chi connectivity index (χ2n) is 4.72. The van der Waals surface area contributed by atoms with Crippen molar-refractivity contribution in [3.63, 3.8) is 0 Å². The van der Waals surface area contributed by atoms with Crippen molar-refractivity contribution in [1.29, 1.82) is 0 Å². The Hall–Kier alpha value is 0.290. The average molecular weight is 303 g/mol. The van der Waals surface area contributed by atoms with Crippen molar-refractivity contribution in [2.45, 2.75) is 49.5 Å². The third-order valence-electron chi connectivity index (χ3n) is 3.13. The molecule has 1 aliphatic heterocycles. The van der Waals surface area contributed by atoms with E-state index in [2.05, 4.69) is 55.0 Å². The van der Waals surface area contributed by atoms with Crippen molar-refractivity contribution < 1.29 is 0 Å². The van der Waals surface area contributed by atoms with Crippen LogP contribution in [0.25, 0.3) is 0 Å². The van der Waals surface area contributed by atoms with Gasteiger partial charge in [-0.2, -0.15) is 11.8 Å². The zero-order chi connectivity index (χ0) is 13.0. The van der Waals surface area contributed by atoms with Crippen molar-refractivity contribution in [3.8, 4) is 0 Å². The molecule has 1 N–H and O–H groups in total. The molecule has 0 amide bonds. The lowest BCUT2D eigenvalue weighted by molar-refractivity contribution is 0.665. The number of rotatable bonds is 5. The van der Waals surface area contributed by atoms with Crippen LogP contribution in [-0.2, 0) is 6.54 Å². The van der Waals surface area contributed by atoms with Gasteiger partial charge in [0.15, 0.2) is 0 Å². The summed E-state index contributed by atoms with van der Waals surface area (Å²) in [7, 11) is 0. The van der Waals surface area contributed by atoms with Gasteiger partial charge in [0.1, 0.15) is 5.01 Å². The topological polar surface area (TPSA) is 24.9 Å². The van der Waals surface area contributed by atoms with Gasteiger partial charge in [-0.3, -0.25) is 0 Å². The monoisotopic (exact) mass is 302 g/mol. The Morgan fingerprint density at radius 3 is 2.94 bits per heavy atom. The average Bonchev–Trinajstić information content (AvgIpc) is 2.82. The van der Waals surface area contributed by atoms with Crippen LogP contribution >= 0.6 is 34.9 Å². The van der Waals surface area contributed by atoms with Crippen LogP contribution in [0.15, 0.2) is 5.38 Å². The highest BCUT2D eigenvalue weighted by atomic mass is 32.2. The van der Waals surface area contributed by atoms with Crippen molar-refractivity contribution in [3.05, 3.63) is 16.1 Å². The summed E-state index contributed by atoms with van der Waals surface area (Å²) in [5.74, 6) is 1.21. The summed E-state index contributed by atoms with van der Waals surface area (Å²) >= 11 is 6.02. The normalized spacial score (nSPS) is 28.5. The van der Waals surface area contributed by atoms with E-state index in [1.165, 1.54) is 22.9 Å². The Labute approximate surface area is 123 Å². The molecule has 1 aromatic heterocycles. The Bertz CT molecular complexity index is 367. The lowest BCUT2D eigenvalue weighted by Crippen LogP contribution is -2.22. The Morgan fingerprint density at radius 1 is 1.39 bits per heavy atom. The van der Waals surface area contributed by atoms with Gasteiger partial charge in [0, 0.05) is 28.2 Å². The molecule has 1 fully saturated rings. The zero-order valence-electron chi connectivity index (χ0n) is 11.3. The molecular weight excluding hydrogens is 280 g/mol. The molecule has 2 rings (SSSR count). The van der Waals surface area contributed by atoms with Crippen LogP contribution in [-0.4, -0.2) is 27.8 Å². The van der Waals surface area contributed by atoms with Crippen LogP contribution in [0.4, 0.5) is 0 Å². The lowest BCUT2D eigenvalue weighted by atomic mass is 10.4. The summed E-state index contributed by atoms with van der Waals surface area (Å²) in [5.41, 5.74) is 1.21. The van der Waals surface area contributed by atoms with E-state index in [1.807, 2.05) is 11.3 Å². The zero-order valence-corrected chi connectivity index (χ0v) is 13.8. The predicted molar refractivity (Wildman–Crippen MR) is 85.8 cm³/mol. The summed E-state index contributed by atoms with van der Waals surface area (Å²) in [6.45, 7) is 8.86.